The molecule has 0 aliphatic rings. The number of hydrogen-bond acceptors (Lipinski definition) is 2. The maximum atomic E-state index is 12.0. The molecule has 1 unspecified atom stereocenters. The summed E-state index contributed by atoms with van der Waals surface area (Å²) in [5.74, 6) is -0.0601. The fraction of sp³-hybridized carbons (Fsp3) is 0.353. The lowest BCUT2D eigenvalue weighted by molar-refractivity contribution is -0.121. The van der Waals surface area contributed by atoms with Crippen LogP contribution in [0.3, 0.4) is 0 Å². The van der Waals surface area contributed by atoms with Gasteiger partial charge in [0, 0.05) is 6.54 Å². The molecular weight excluding hydrogens is 250 g/mol. The fourth-order valence-electron chi connectivity index (χ4n) is 2.10. The van der Waals surface area contributed by atoms with Gasteiger partial charge in [-0.15, -0.1) is 0 Å². The third kappa shape index (κ3) is 3.58. The van der Waals surface area contributed by atoms with Gasteiger partial charge in [0.25, 0.3) is 0 Å². The minimum absolute atomic E-state index is 0.0601. The van der Waals surface area contributed by atoms with Crippen LogP contribution < -0.4 is 5.32 Å². The normalized spacial score (nSPS) is 13.9. The molecule has 1 atom stereocenters. The van der Waals surface area contributed by atoms with Gasteiger partial charge in [0.05, 0.1) is 12.0 Å². The zero-order chi connectivity index (χ0) is 14.6. The van der Waals surface area contributed by atoms with Gasteiger partial charge in [-0.3, -0.25) is 4.79 Å². The predicted molar refractivity (Wildman–Crippen MR) is 81.6 cm³/mol. The molecule has 1 amide bonds. The van der Waals surface area contributed by atoms with Crippen molar-refractivity contribution < 1.29 is 9.90 Å². The zero-order valence-corrected chi connectivity index (χ0v) is 12.0. The van der Waals surface area contributed by atoms with Crippen molar-refractivity contribution in [1.29, 1.82) is 0 Å². The molecule has 0 bridgehead atoms. The Balaban J connectivity index is 2.07. The van der Waals surface area contributed by atoms with Crippen molar-refractivity contribution in [3.05, 3.63) is 48.0 Å². The predicted octanol–water partition coefficient (Wildman–Crippen LogP) is 2.66. The standard InChI is InChI=1S/C17H21NO2/c1-3-17(2,20)12-18-16(19)11-14-9-6-8-13-7-4-5-10-15(13)14/h4-10,20H,3,11-12H2,1-2H3,(H,18,19). The molecule has 0 heterocycles. The molecule has 0 saturated heterocycles. The Hall–Kier alpha value is -1.87. The van der Waals surface area contributed by atoms with Gasteiger partial charge in [-0.05, 0) is 29.7 Å². The zero-order valence-electron chi connectivity index (χ0n) is 12.0. The Morgan fingerprint density at radius 2 is 1.90 bits per heavy atom. The summed E-state index contributed by atoms with van der Waals surface area (Å²) in [6.45, 7) is 3.91. The molecule has 0 spiro atoms. The summed E-state index contributed by atoms with van der Waals surface area (Å²) in [5, 5.41) is 14.9. The van der Waals surface area contributed by atoms with Crippen LogP contribution in [0.5, 0.6) is 0 Å². The first-order chi connectivity index (χ1) is 9.52. The number of nitrogens with one attached hydrogen (secondary N) is 1. The largest absolute Gasteiger partial charge is 0.388 e. The van der Waals surface area contributed by atoms with E-state index in [2.05, 4.69) is 5.32 Å². The second-order valence-corrected chi connectivity index (χ2v) is 5.44. The molecule has 106 valence electrons. The van der Waals surface area contributed by atoms with Gasteiger partial charge in [-0.1, -0.05) is 49.4 Å². The van der Waals surface area contributed by atoms with Crippen LogP contribution in [0.25, 0.3) is 10.8 Å². The molecule has 2 rings (SSSR count). The van der Waals surface area contributed by atoms with E-state index in [1.807, 2.05) is 49.4 Å². The van der Waals surface area contributed by atoms with E-state index in [9.17, 15) is 9.90 Å². The fourth-order valence-corrected chi connectivity index (χ4v) is 2.10. The Morgan fingerprint density at radius 3 is 2.65 bits per heavy atom. The van der Waals surface area contributed by atoms with Crippen LogP contribution in [-0.2, 0) is 11.2 Å². The monoisotopic (exact) mass is 271 g/mol. The lowest BCUT2D eigenvalue weighted by Crippen LogP contribution is -2.40. The number of amides is 1. The van der Waals surface area contributed by atoms with Crippen molar-refractivity contribution in [1.82, 2.24) is 5.32 Å². The van der Waals surface area contributed by atoms with Crippen LogP contribution in [0.4, 0.5) is 0 Å². The maximum absolute atomic E-state index is 12.0. The lowest BCUT2D eigenvalue weighted by atomic mass is 10.0. The summed E-state index contributed by atoms with van der Waals surface area (Å²) in [6, 6.07) is 14.0. The van der Waals surface area contributed by atoms with E-state index in [1.54, 1.807) is 6.92 Å². The van der Waals surface area contributed by atoms with Gasteiger partial charge in [0.15, 0.2) is 0 Å². The summed E-state index contributed by atoms with van der Waals surface area (Å²) in [4.78, 5) is 12.0. The molecule has 2 aromatic carbocycles. The third-order valence-corrected chi connectivity index (χ3v) is 3.66. The SMILES string of the molecule is CCC(C)(O)CNC(=O)Cc1cccc2ccccc12. The molecule has 0 aliphatic heterocycles. The number of benzene rings is 2. The Bertz CT molecular complexity index is 599. The van der Waals surface area contributed by atoms with Crippen molar-refractivity contribution in [2.24, 2.45) is 0 Å². The van der Waals surface area contributed by atoms with E-state index in [0.29, 0.717) is 12.8 Å². The summed E-state index contributed by atoms with van der Waals surface area (Å²) in [6.07, 6.45) is 0.947. The number of aliphatic hydroxyl groups is 1. The molecule has 2 aromatic rings. The van der Waals surface area contributed by atoms with Gasteiger partial charge < -0.3 is 10.4 Å². The quantitative estimate of drug-likeness (QED) is 0.878. The highest BCUT2D eigenvalue weighted by atomic mass is 16.3. The number of hydrogen-bond donors (Lipinski definition) is 2. The molecule has 3 heteroatoms. The Labute approximate surface area is 119 Å². The van der Waals surface area contributed by atoms with Crippen LogP contribution in [0.1, 0.15) is 25.8 Å². The maximum Gasteiger partial charge on any atom is 0.224 e. The second-order valence-electron chi connectivity index (χ2n) is 5.44. The molecule has 0 saturated carbocycles. The van der Waals surface area contributed by atoms with Crippen molar-refractivity contribution in [3.8, 4) is 0 Å². The highest BCUT2D eigenvalue weighted by molar-refractivity contribution is 5.90. The molecule has 0 fully saturated rings. The number of carbonyl (C=O) groups is 1. The lowest BCUT2D eigenvalue weighted by Gasteiger charge is -2.21. The van der Waals surface area contributed by atoms with Gasteiger partial charge in [0.1, 0.15) is 0 Å². The second kappa shape index (κ2) is 6.06. The summed E-state index contributed by atoms with van der Waals surface area (Å²) in [7, 11) is 0. The number of carbonyl (C=O) groups excluding carboxylic acids is 1. The number of rotatable bonds is 5. The van der Waals surface area contributed by atoms with Crippen LogP contribution in [0.2, 0.25) is 0 Å². The van der Waals surface area contributed by atoms with Gasteiger partial charge in [-0.2, -0.15) is 0 Å². The molecule has 2 N–H and O–H groups in total. The minimum Gasteiger partial charge on any atom is -0.388 e. The highest BCUT2D eigenvalue weighted by Gasteiger charge is 2.18. The first-order valence-electron chi connectivity index (χ1n) is 6.97. The van der Waals surface area contributed by atoms with Gasteiger partial charge >= 0.3 is 0 Å². The first kappa shape index (κ1) is 14.5. The van der Waals surface area contributed by atoms with E-state index >= 15 is 0 Å². The third-order valence-electron chi connectivity index (χ3n) is 3.66. The van der Waals surface area contributed by atoms with Crippen LogP contribution in [0.15, 0.2) is 42.5 Å². The van der Waals surface area contributed by atoms with E-state index in [4.69, 9.17) is 0 Å². The van der Waals surface area contributed by atoms with Crippen molar-refractivity contribution in [2.45, 2.75) is 32.3 Å². The smallest absolute Gasteiger partial charge is 0.224 e. The summed E-state index contributed by atoms with van der Waals surface area (Å²) < 4.78 is 0. The van der Waals surface area contributed by atoms with E-state index < -0.39 is 5.60 Å². The molecule has 20 heavy (non-hydrogen) atoms. The number of fused-ring (bicyclic) bond motifs is 1. The van der Waals surface area contributed by atoms with Crippen molar-refractivity contribution in [2.75, 3.05) is 6.54 Å². The van der Waals surface area contributed by atoms with Crippen LogP contribution >= 0.6 is 0 Å². The van der Waals surface area contributed by atoms with Gasteiger partial charge in [-0.25, -0.2) is 0 Å². The Kier molecular flexibility index (Phi) is 4.40. The van der Waals surface area contributed by atoms with E-state index in [-0.39, 0.29) is 12.5 Å². The van der Waals surface area contributed by atoms with Crippen molar-refractivity contribution >= 4 is 16.7 Å². The molecule has 0 radical (unpaired) electrons. The van der Waals surface area contributed by atoms with Crippen LogP contribution in [0, 0.1) is 0 Å². The van der Waals surface area contributed by atoms with Crippen LogP contribution in [-0.4, -0.2) is 23.2 Å². The molecular formula is C17H21NO2. The Morgan fingerprint density at radius 1 is 1.20 bits per heavy atom. The highest BCUT2D eigenvalue weighted by Crippen LogP contribution is 2.18. The van der Waals surface area contributed by atoms with E-state index in [0.717, 1.165) is 16.3 Å². The topological polar surface area (TPSA) is 49.3 Å². The summed E-state index contributed by atoms with van der Waals surface area (Å²) in [5.41, 5.74) is 0.172. The van der Waals surface area contributed by atoms with E-state index in [1.165, 1.54) is 0 Å². The first-order valence-corrected chi connectivity index (χ1v) is 6.97. The average molecular weight is 271 g/mol. The molecule has 0 aromatic heterocycles. The molecule has 0 aliphatic carbocycles. The minimum atomic E-state index is -0.839. The molecule has 3 nitrogen and oxygen atoms in total. The van der Waals surface area contributed by atoms with Gasteiger partial charge in [0.2, 0.25) is 5.91 Å². The summed E-state index contributed by atoms with van der Waals surface area (Å²) >= 11 is 0. The average Bonchev–Trinajstić information content (AvgIpc) is 2.46. The van der Waals surface area contributed by atoms with Crippen molar-refractivity contribution in [3.63, 3.8) is 0 Å².